The Bertz CT molecular complexity index is 3720. The van der Waals surface area contributed by atoms with E-state index >= 15 is 0 Å². The Labute approximate surface area is 322 Å². The first-order valence-corrected chi connectivity index (χ1v) is 23.2. The van der Waals surface area contributed by atoms with Crippen LogP contribution in [0.2, 0.25) is 0 Å². The number of rotatable bonds is 4. The lowest BCUT2D eigenvalue weighted by molar-refractivity contribution is 0.481. The Kier molecular flexibility index (Phi) is 7.20. The fourth-order valence-electron chi connectivity index (χ4n) is 6.92. The van der Waals surface area contributed by atoms with Crippen molar-refractivity contribution in [2.75, 3.05) is 6.26 Å². The molecule has 4 aromatic carbocycles. The van der Waals surface area contributed by atoms with Gasteiger partial charge >= 0.3 is 0 Å². The fraction of sp³-hybridized carbons (Fsp3) is 0.0303. The summed E-state index contributed by atoms with van der Waals surface area (Å²) in [7, 11) is -18.6. The Hall–Kier alpha value is -5.65. The van der Waals surface area contributed by atoms with E-state index in [1.54, 1.807) is 8.68 Å². The molecular formula is C33H19N8O11PS4. The molecule has 19 nitrogen and oxygen atoms in total. The molecular weight excluding hydrogens is 844 g/mol. The Morgan fingerprint density at radius 3 is 1.42 bits per heavy atom. The van der Waals surface area contributed by atoms with Gasteiger partial charge in [0.15, 0.2) is 33.2 Å². The van der Waals surface area contributed by atoms with Crippen LogP contribution in [-0.2, 0) is 40.2 Å². The normalized spacial score (nSPS) is 16.3. The van der Waals surface area contributed by atoms with Crippen molar-refractivity contribution < 1.29 is 47.3 Å². The summed E-state index contributed by atoms with van der Waals surface area (Å²) in [6.45, 7) is 0. The second kappa shape index (κ2) is 11.5. The second-order valence-electron chi connectivity index (χ2n) is 13.1. The van der Waals surface area contributed by atoms with E-state index in [1.165, 1.54) is 48.5 Å². The number of aliphatic imine (C=N–C) groups is 4. The molecule has 6 aromatic rings. The molecule has 0 saturated carbocycles. The summed E-state index contributed by atoms with van der Waals surface area (Å²) in [4.78, 5) is 27.4. The van der Waals surface area contributed by atoms with Crippen LogP contribution in [0.1, 0.15) is 22.3 Å². The number of nitrogens with zero attached hydrogens (tertiary/aromatic N) is 8. The first-order valence-electron chi connectivity index (χ1n) is 16.1. The average Bonchev–Trinajstić information content (AvgIpc) is 3.82. The molecule has 3 N–H and O–H groups in total. The van der Waals surface area contributed by atoms with Gasteiger partial charge in [0.2, 0.25) is 0 Å². The summed E-state index contributed by atoms with van der Waals surface area (Å²) in [5, 5.41) is 1.07. The van der Waals surface area contributed by atoms with Crippen LogP contribution in [0.4, 0.5) is 11.6 Å². The molecule has 4 aliphatic heterocycles. The largest absolute Gasteiger partial charge is 0.294 e. The summed E-state index contributed by atoms with van der Waals surface area (Å²) >= 11 is 0. The van der Waals surface area contributed by atoms with Crippen LogP contribution >= 0.6 is 8.88 Å². The first kappa shape index (κ1) is 35.7. The van der Waals surface area contributed by atoms with Crippen molar-refractivity contribution in [3.05, 3.63) is 106 Å². The van der Waals surface area contributed by atoms with E-state index < -0.39 is 63.8 Å². The average molecular weight is 863 g/mol. The van der Waals surface area contributed by atoms with Crippen LogP contribution in [0, 0.1) is 0 Å². The fourth-order valence-corrected chi connectivity index (χ4v) is 10.4. The van der Waals surface area contributed by atoms with Crippen LogP contribution in [0.3, 0.4) is 0 Å². The maximum Gasteiger partial charge on any atom is 0.294 e. The van der Waals surface area contributed by atoms with Gasteiger partial charge in [-0.1, -0.05) is 0 Å². The molecule has 0 amide bonds. The number of hydrogen-bond acceptors (Lipinski definition) is 14. The van der Waals surface area contributed by atoms with E-state index in [1.807, 2.05) is 0 Å². The lowest BCUT2D eigenvalue weighted by Gasteiger charge is -2.12. The highest BCUT2D eigenvalue weighted by molar-refractivity contribution is 7.90. The van der Waals surface area contributed by atoms with Crippen molar-refractivity contribution >= 4 is 106 Å². The molecule has 57 heavy (non-hydrogen) atoms. The topological polar surface area (TPSA) is 281 Å². The van der Waals surface area contributed by atoms with Gasteiger partial charge in [0, 0.05) is 50.1 Å². The van der Waals surface area contributed by atoms with Crippen LogP contribution < -0.4 is 11.0 Å². The summed E-state index contributed by atoms with van der Waals surface area (Å²) in [5.74, 6) is 0.0827. The third-order valence-electron chi connectivity index (χ3n) is 9.53. The third kappa shape index (κ3) is 5.50. The summed E-state index contributed by atoms with van der Waals surface area (Å²) < 4.78 is 133. The van der Waals surface area contributed by atoms with Crippen LogP contribution in [0.5, 0.6) is 0 Å². The molecule has 2 aromatic heterocycles. The summed E-state index contributed by atoms with van der Waals surface area (Å²) in [6.07, 6.45) is 1.03. The molecule has 0 fully saturated rings. The van der Waals surface area contributed by atoms with Crippen LogP contribution in [-0.4, -0.2) is 85.6 Å². The van der Waals surface area contributed by atoms with Gasteiger partial charge in [0.05, 0.1) is 28.5 Å². The number of benzene rings is 4. The number of fused-ring (bicyclic) bond motifs is 14. The monoisotopic (exact) mass is 862 g/mol. The van der Waals surface area contributed by atoms with Crippen LogP contribution in [0.15, 0.2) is 122 Å². The van der Waals surface area contributed by atoms with Gasteiger partial charge in [-0.15, -0.1) is 0 Å². The van der Waals surface area contributed by atoms with Gasteiger partial charge in [-0.05, 0) is 72.8 Å². The predicted molar refractivity (Wildman–Crippen MR) is 206 cm³/mol. The van der Waals surface area contributed by atoms with Crippen molar-refractivity contribution in [3.63, 3.8) is 0 Å². The van der Waals surface area contributed by atoms with Crippen molar-refractivity contribution in [1.82, 2.24) is 8.68 Å². The molecule has 10 rings (SSSR count). The minimum atomic E-state index is -4.77. The molecule has 0 radical (unpaired) electrons. The molecule has 6 heterocycles. The van der Waals surface area contributed by atoms with Crippen molar-refractivity contribution in [3.8, 4) is 0 Å². The zero-order valence-corrected chi connectivity index (χ0v) is 32.5. The zero-order valence-electron chi connectivity index (χ0n) is 28.2. The minimum absolute atomic E-state index is 0.0227. The highest BCUT2D eigenvalue weighted by Crippen LogP contribution is 2.46. The van der Waals surface area contributed by atoms with Gasteiger partial charge in [-0.25, -0.2) is 38.4 Å². The van der Waals surface area contributed by atoms with Gasteiger partial charge in [-0.3, -0.25) is 22.3 Å². The van der Waals surface area contributed by atoms with E-state index in [9.17, 15) is 47.3 Å². The lowest BCUT2D eigenvalue weighted by Crippen LogP contribution is -2.25. The standard InChI is InChI=1S/C33H19N8O11PS4/c1-54(42,43)14-2-8-20-24(10-14)32-38-28-22-11-15(55(44,45)46)3-6-18(22)27(34-28)37-31-21-9-5-17(57(50,51)52)13-25(21)33-39-29-23-12-16(56(47,48)49)4-7-19(23)26(35-29)36-30(20)40(32)53-41(31)33/h2-13,53H,1H3,(H,44,45,46)(H,47,48,49)(H,50,51,52). The second-order valence-corrected chi connectivity index (χ2v) is 20.4. The molecule has 6 bridgehead atoms. The van der Waals surface area contributed by atoms with Crippen LogP contribution in [0.25, 0.3) is 21.5 Å². The summed E-state index contributed by atoms with van der Waals surface area (Å²) in [5.41, 5.74) is 1.14. The number of amidine groups is 4. The molecule has 4 aliphatic rings. The quantitative estimate of drug-likeness (QED) is 0.171. The van der Waals surface area contributed by atoms with E-state index in [4.69, 9.17) is 20.0 Å². The number of hydrogen-bond donors (Lipinski definition) is 3. The smallest absolute Gasteiger partial charge is 0.282 e. The van der Waals surface area contributed by atoms with Crippen molar-refractivity contribution in [1.29, 1.82) is 0 Å². The molecule has 0 saturated heterocycles. The molecule has 1 unspecified atom stereocenters. The van der Waals surface area contributed by atoms with Gasteiger partial charge in [0.1, 0.15) is 22.6 Å². The van der Waals surface area contributed by atoms with Crippen molar-refractivity contribution in [2.24, 2.45) is 30.0 Å². The minimum Gasteiger partial charge on any atom is -0.282 e. The number of aromatic nitrogens is 2. The van der Waals surface area contributed by atoms with E-state index in [2.05, 4.69) is 9.98 Å². The van der Waals surface area contributed by atoms with Gasteiger partial charge < -0.3 is 0 Å². The van der Waals surface area contributed by atoms with Gasteiger partial charge in [-0.2, -0.15) is 25.3 Å². The highest BCUT2D eigenvalue weighted by Gasteiger charge is 2.32. The maximum absolute atomic E-state index is 12.9. The van der Waals surface area contributed by atoms with Gasteiger partial charge in [0.25, 0.3) is 30.4 Å². The van der Waals surface area contributed by atoms with Crippen molar-refractivity contribution in [2.45, 2.75) is 19.6 Å². The Morgan fingerprint density at radius 2 is 0.860 bits per heavy atom. The molecule has 0 aliphatic carbocycles. The molecule has 0 spiro atoms. The molecule has 24 heteroatoms. The third-order valence-corrected chi connectivity index (χ3v) is 14.4. The molecule has 1 atom stereocenters. The lowest BCUT2D eigenvalue weighted by atomic mass is 10.1. The maximum atomic E-state index is 12.9. The van der Waals surface area contributed by atoms with E-state index in [0.717, 1.165) is 30.5 Å². The van der Waals surface area contributed by atoms with E-state index in [0.29, 0.717) is 21.9 Å². The number of sulfone groups is 1. The highest BCUT2D eigenvalue weighted by atomic mass is 32.2. The van der Waals surface area contributed by atoms with E-state index in [-0.39, 0.29) is 72.7 Å². The summed E-state index contributed by atoms with van der Waals surface area (Å²) in [6, 6.07) is 15.4. The zero-order chi connectivity index (χ0) is 40.1. The first-order chi connectivity index (χ1) is 26.7. The Balaban J connectivity index is 1.44. The SMILES string of the molecule is CS(=O)(=O)c1ccc2c3n4c(c2c1)=NC1=NC(=Nc2c5ccc(S(=O)(=O)O)cc5c(n2P4)N=C2N=C(N=3)c3ccc(S(=O)(=O)O)cc32)c2ccc(S(=O)(=O)O)cc21. The predicted octanol–water partition coefficient (Wildman–Crippen LogP) is 2.59. The Morgan fingerprint density at radius 1 is 0.439 bits per heavy atom. The molecule has 286 valence electrons.